The minimum Gasteiger partial charge on any atom is -0.352 e. The third-order valence-corrected chi connectivity index (χ3v) is 5.51. The van der Waals surface area contributed by atoms with Gasteiger partial charge >= 0.3 is 0 Å². The lowest BCUT2D eigenvalue weighted by atomic mass is 10.1. The number of nitrogens with zero attached hydrogens (tertiary/aromatic N) is 2. The normalized spacial score (nSPS) is 10.7. The van der Waals surface area contributed by atoms with Gasteiger partial charge in [0.15, 0.2) is 0 Å². The van der Waals surface area contributed by atoms with E-state index in [9.17, 15) is 4.79 Å². The van der Waals surface area contributed by atoms with Crippen LogP contribution in [-0.2, 0) is 17.9 Å². The fourth-order valence-corrected chi connectivity index (χ4v) is 3.66. The first kappa shape index (κ1) is 19.2. The summed E-state index contributed by atoms with van der Waals surface area (Å²) in [7, 11) is 0. The van der Waals surface area contributed by atoms with Gasteiger partial charge in [0, 0.05) is 42.6 Å². The van der Waals surface area contributed by atoms with E-state index in [0.29, 0.717) is 13.0 Å². The number of amides is 1. The van der Waals surface area contributed by atoms with Crippen LogP contribution in [0.5, 0.6) is 0 Å². The highest BCUT2D eigenvalue weighted by atomic mass is 32.2. The number of nitrogens with one attached hydrogen (secondary N) is 1. The molecular formula is C22H25N3OS. The fourth-order valence-electron chi connectivity index (χ4n) is 2.71. The molecule has 1 N–H and O–H groups in total. The molecule has 0 saturated heterocycles. The van der Waals surface area contributed by atoms with Crippen LogP contribution in [-0.4, -0.2) is 21.2 Å². The van der Waals surface area contributed by atoms with Crippen LogP contribution in [0.15, 0.2) is 66.1 Å². The summed E-state index contributed by atoms with van der Waals surface area (Å²) in [5, 5.41) is 3.00. The number of imidazole rings is 1. The standard InChI is InChI=1S/C22H25N3OS/c1-17-3-8-21(13-18(17)2)27-12-9-22(26)24-14-19-4-6-20(7-5-19)15-25-11-10-23-16-25/h3-8,10-11,13,16H,9,12,14-15H2,1-2H3,(H,24,26). The van der Waals surface area contributed by atoms with Crippen LogP contribution in [0.25, 0.3) is 0 Å². The minimum atomic E-state index is 0.0915. The van der Waals surface area contributed by atoms with Crippen molar-refractivity contribution in [1.29, 1.82) is 0 Å². The molecule has 1 heterocycles. The van der Waals surface area contributed by atoms with Gasteiger partial charge in [-0.3, -0.25) is 4.79 Å². The first-order chi connectivity index (χ1) is 13.1. The third-order valence-electron chi connectivity index (χ3n) is 4.51. The monoisotopic (exact) mass is 379 g/mol. The van der Waals surface area contributed by atoms with Gasteiger partial charge in [-0.15, -0.1) is 11.8 Å². The zero-order valence-electron chi connectivity index (χ0n) is 15.8. The highest BCUT2D eigenvalue weighted by Crippen LogP contribution is 2.21. The van der Waals surface area contributed by atoms with E-state index >= 15 is 0 Å². The molecule has 1 aromatic heterocycles. The molecule has 3 rings (SSSR count). The quantitative estimate of drug-likeness (QED) is 0.592. The lowest BCUT2D eigenvalue weighted by Gasteiger charge is -2.08. The topological polar surface area (TPSA) is 46.9 Å². The van der Waals surface area contributed by atoms with E-state index in [1.807, 2.05) is 17.1 Å². The van der Waals surface area contributed by atoms with Crippen LogP contribution in [0.4, 0.5) is 0 Å². The molecule has 0 atom stereocenters. The predicted molar refractivity (Wildman–Crippen MR) is 111 cm³/mol. The summed E-state index contributed by atoms with van der Waals surface area (Å²) >= 11 is 1.73. The summed E-state index contributed by atoms with van der Waals surface area (Å²) in [6.07, 6.45) is 6.06. The average Bonchev–Trinajstić information content (AvgIpc) is 3.17. The molecular weight excluding hydrogens is 354 g/mol. The Kier molecular flexibility index (Phi) is 6.71. The van der Waals surface area contributed by atoms with Gasteiger partial charge in [0.25, 0.3) is 0 Å². The highest BCUT2D eigenvalue weighted by Gasteiger charge is 2.04. The highest BCUT2D eigenvalue weighted by molar-refractivity contribution is 7.99. The van der Waals surface area contributed by atoms with Gasteiger partial charge < -0.3 is 9.88 Å². The maximum Gasteiger partial charge on any atom is 0.221 e. The number of thioether (sulfide) groups is 1. The minimum absolute atomic E-state index is 0.0915. The number of aromatic nitrogens is 2. The molecule has 0 aliphatic carbocycles. The molecule has 140 valence electrons. The molecule has 0 saturated carbocycles. The number of hydrogen-bond acceptors (Lipinski definition) is 3. The van der Waals surface area contributed by atoms with Crippen LogP contribution in [0.2, 0.25) is 0 Å². The van der Waals surface area contributed by atoms with Crippen molar-refractivity contribution in [3.05, 3.63) is 83.4 Å². The Morgan fingerprint density at radius 3 is 2.56 bits per heavy atom. The molecule has 4 nitrogen and oxygen atoms in total. The van der Waals surface area contributed by atoms with Crippen LogP contribution in [0.1, 0.15) is 28.7 Å². The van der Waals surface area contributed by atoms with Crippen LogP contribution >= 0.6 is 11.8 Å². The van der Waals surface area contributed by atoms with Crippen LogP contribution in [0, 0.1) is 13.8 Å². The van der Waals surface area contributed by atoms with Gasteiger partial charge in [0.1, 0.15) is 0 Å². The van der Waals surface area contributed by atoms with Crippen molar-refractivity contribution in [2.24, 2.45) is 0 Å². The molecule has 27 heavy (non-hydrogen) atoms. The van der Waals surface area contributed by atoms with E-state index in [-0.39, 0.29) is 5.91 Å². The lowest BCUT2D eigenvalue weighted by molar-refractivity contribution is -0.120. The van der Waals surface area contributed by atoms with Gasteiger partial charge in [-0.2, -0.15) is 0 Å². The van der Waals surface area contributed by atoms with Crippen molar-refractivity contribution in [3.63, 3.8) is 0 Å². The number of carbonyl (C=O) groups excluding carboxylic acids is 1. The molecule has 0 radical (unpaired) electrons. The van der Waals surface area contributed by atoms with Crippen molar-refractivity contribution in [1.82, 2.24) is 14.9 Å². The van der Waals surface area contributed by atoms with Gasteiger partial charge in [0.2, 0.25) is 5.91 Å². The van der Waals surface area contributed by atoms with Crippen molar-refractivity contribution >= 4 is 17.7 Å². The summed E-state index contributed by atoms with van der Waals surface area (Å²) in [6, 6.07) is 14.8. The zero-order chi connectivity index (χ0) is 19.1. The average molecular weight is 380 g/mol. The zero-order valence-corrected chi connectivity index (χ0v) is 16.6. The second-order valence-corrected chi connectivity index (χ2v) is 7.84. The SMILES string of the molecule is Cc1ccc(SCCC(=O)NCc2ccc(Cn3ccnc3)cc2)cc1C. The Morgan fingerprint density at radius 1 is 1.07 bits per heavy atom. The number of carbonyl (C=O) groups is 1. The Bertz CT molecular complexity index is 873. The van der Waals surface area contributed by atoms with E-state index in [1.165, 1.54) is 21.6 Å². The summed E-state index contributed by atoms with van der Waals surface area (Å²) in [5.74, 6) is 0.881. The van der Waals surface area contributed by atoms with Crippen molar-refractivity contribution in [2.75, 3.05) is 5.75 Å². The molecule has 1 amide bonds. The molecule has 2 aromatic carbocycles. The summed E-state index contributed by atoms with van der Waals surface area (Å²) in [5.41, 5.74) is 4.92. The maximum absolute atomic E-state index is 12.1. The Hall–Kier alpha value is -2.53. The van der Waals surface area contributed by atoms with E-state index in [4.69, 9.17) is 0 Å². The van der Waals surface area contributed by atoms with Crippen LogP contribution < -0.4 is 5.32 Å². The largest absolute Gasteiger partial charge is 0.352 e. The molecule has 0 spiro atoms. The lowest BCUT2D eigenvalue weighted by Crippen LogP contribution is -2.23. The van der Waals surface area contributed by atoms with E-state index in [0.717, 1.165) is 17.9 Å². The van der Waals surface area contributed by atoms with Crippen molar-refractivity contribution in [2.45, 2.75) is 38.3 Å². The summed E-state index contributed by atoms with van der Waals surface area (Å²) < 4.78 is 2.03. The van der Waals surface area contributed by atoms with Gasteiger partial charge in [-0.1, -0.05) is 30.3 Å². The first-order valence-corrected chi connectivity index (χ1v) is 10.1. The molecule has 0 aliphatic rings. The Labute approximate surface area is 165 Å². The number of rotatable bonds is 8. The number of benzene rings is 2. The Morgan fingerprint density at radius 2 is 1.85 bits per heavy atom. The van der Waals surface area contributed by atoms with Gasteiger partial charge in [-0.05, 0) is 48.2 Å². The molecule has 0 aliphatic heterocycles. The third kappa shape index (κ3) is 6.00. The van der Waals surface area contributed by atoms with Crippen molar-refractivity contribution in [3.8, 4) is 0 Å². The molecule has 3 aromatic rings. The fraction of sp³-hybridized carbons (Fsp3) is 0.273. The van der Waals surface area contributed by atoms with E-state index in [1.54, 1.807) is 18.0 Å². The summed E-state index contributed by atoms with van der Waals surface area (Å²) in [4.78, 5) is 17.3. The molecule has 0 fully saturated rings. The van der Waals surface area contributed by atoms with E-state index < -0.39 is 0 Å². The van der Waals surface area contributed by atoms with Crippen molar-refractivity contribution < 1.29 is 4.79 Å². The number of hydrogen-bond donors (Lipinski definition) is 1. The predicted octanol–water partition coefficient (Wildman–Crippen LogP) is 4.35. The van der Waals surface area contributed by atoms with Crippen LogP contribution in [0.3, 0.4) is 0 Å². The number of aryl methyl sites for hydroxylation is 2. The Balaban J connectivity index is 1.39. The second kappa shape index (κ2) is 9.42. The first-order valence-electron chi connectivity index (χ1n) is 9.10. The smallest absolute Gasteiger partial charge is 0.221 e. The maximum atomic E-state index is 12.1. The summed E-state index contributed by atoms with van der Waals surface area (Å²) in [6.45, 7) is 5.61. The second-order valence-electron chi connectivity index (χ2n) is 6.67. The molecule has 0 bridgehead atoms. The van der Waals surface area contributed by atoms with Gasteiger partial charge in [0.05, 0.1) is 6.33 Å². The molecule has 0 unspecified atom stereocenters. The van der Waals surface area contributed by atoms with Gasteiger partial charge in [-0.25, -0.2) is 4.98 Å². The molecule has 5 heteroatoms. The van der Waals surface area contributed by atoms with E-state index in [2.05, 4.69) is 66.6 Å².